The highest BCUT2D eigenvalue weighted by Crippen LogP contribution is 2.26. The molecule has 0 saturated carbocycles. The normalized spacial score (nSPS) is 10.9. The summed E-state index contributed by atoms with van der Waals surface area (Å²) in [5.74, 6) is -0.0306. The molecule has 0 spiro atoms. The van der Waals surface area contributed by atoms with Crippen molar-refractivity contribution in [1.82, 2.24) is 10.3 Å². The van der Waals surface area contributed by atoms with Crippen LogP contribution in [0.5, 0.6) is 5.75 Å². The molecule has 2 aromatic carbocycles. The van der Waals surface area contributed by atoms with Gasteiger partial charge in [0.2, 0.25) is 0 Å². The number of fused-ring (bicyclic) bond motifs is 1. The van der Waals surface area contributed by atoms with E-state index in [9.17, 15) is 9.90 Å². The number of phenolic OH excluding ortho intramolecular Hbond substituents is 1. The van der Waals surface area contributed by atoms with Crippen LogP contribution in [0.15, 0.2) is 60.0 Å². The van der Waals surface area contributed by atoms with Gasteiger partial charge in [-0.15, -0.1) is 22.7 Å². The average molecular weight is 366 g/mol. The molecule has 0 saturated heterocycles. The molecule has 0 aliphatic heterocycles. The maximum absolute atomic E-state index is 12.3. The summed E-state index contributed by atoms with van der Waals surface area (Å²) < 4.78 is 0.797. The third-order valence-electron chi connectivity index (χ3n) is 3.78. The molecule has 0 bridgehead atoms. The van der Waals surface area contributed by atoms with Crippen LogP contribution in [0.1, 0.15) is 15.4 Å². The predicted octanol–water partition coefficient (Wildman–Crippen LogP) is 4.66. The Bertz CT molecular complexity index is 1020. The topological polar surface area (TPSA) is 62.2 Å². The molecule has 0 aliphatic carbocycles. The number of hydrogen-bond acceptors (Lipinski definition) is 5. The van der Waals surface area contributed by atoms with Crippen LogP contribution in [0.3, 0.4) is 0 Å². The number of thiazole rings is 1. The molecule has 124 valence electrons. The van der Waals surface area contributed by atoms with Crippen LogP contribution in [0, 0.1) is 0 Å². The number of carbonyl (C=O) groups excluding carboxylic acids is 1. The minimum absolute atomic E-state index is 0.175. The summed E-state index contributed by atoms with van der Waals surface area (Å²) in [6.45, 7) is 0.449. The molecule has 6 heteroatoms. The van der Waals surface area contributed by atoms with Gasteiger partial charge in [0.25, 0.3) is 5.91 Å². The molecule has 2 heterocycles. The van der Waals surface area contributed by atoms with E-state index in [1.807, 2.05) is 18.2 Å². The lowest BCUT2D eigenvalue weighted by Gasteiger charge is -2.04. The monoisotopic (exact) mass is 366 g/mol. The minimum Gasteiger partial charge on any atom is -0.508 e. The molecule has 4 rings (SSSR count). The zero-order valence-electron chi connectivity index (χ0n) is 13.1. The Morgan fingerprint density at radius 2 is 1.96 bits per heavy atom. The molecule has 2 N–H and O–H groups in total. The van der Waals surface area contributed by atoms with Crippen LogP contribution < -0.4 is 5.32 Å². The number of phenols is 1. The van der Waals surface area contributed by atoms with Crippen LogP contribution in [0.4, 0.5) is 0 Å². The number of rotatable bonds is 4. The molecule has 2 aromatic heterocycles. The second-order valence-electron chi connectivity index (χ2n) is 5.53. The van der Waals surface area contributed by atoms with Gasteiger partial charge in [0.15, 0.2) is 5.01 Å². The van der Waals surface area contributed by atoms with Crippen molar-refractivity contribution in [2.24, 2.45) is 0 Å². The summed E-state index contributed by atoms with van der Waals surface area (Å²) in [7, 11) is 0. The first-order chi connectivity index (χ1) is 12.2. The van der Waals surface area contributed by atoms with Crippen LogP contribution in [0.25, 0.3) is 20.7 Å². The number of aromatic nitrogens is 1. The third-order valence-corrected chi connectivity index (χ3v) is 5.71. The van der Waals surface area contributed by atoms with Gasteiger partial charge < -0.3 is 10.4 Å². The van der Waals surface area contributed by atoms with E-state index in [1.165, 1.54) is 21.8 Å². The number of hydrogen-bond donors (Lipinski definition) is 2. The lowest BCUT2D eigenvalue weighted by atomic mass is 10.1. The van der Waals surface area contributed by atoms with E-state index >= 15 is 0 Å². The molecular formula is C19H14N2O2S2. The fourth-order valence-corrected chi connectivity index (χ4v) is 4.15. The second kappa shape index (κ2) is 6.66. The summed E-state index contributed by atoms with van der Waals surface area (Å²) in [4.78, 5) is 17.8. The number of thiophene rings is 1. The standard InChI is InChI=1S/C19H14N2O2S2/c22-14-7-8-15-17(10-14)25-19(21-15)18(23)20-11-12-3-5-13(6-4-12)16-2-1-9-24-16/h1-10,22H,11H2,(H,20,23). The van der Waals surface area contributed by atoms with Crippen LogP contribution in [0.2, 0.25) is 0 Å². The smallest absolute Gasteiger partial charge is 0.280 e. The van der Waals surface area contributed by atoms with Gasteiger partial charge in [-0.05, 0) is 40.8 Å². The van der Waals surface area contributed by atoms with Crippen molar-refractivity contribution < 1.29 is 9.90 Å². The van der Waals surface area contributed by atoms with Gasteiger partial charge in [0.1, 0.15) is 5.75 Å². The van der Waals surface area contributed by atoms with E-state index in [1.54, 1.807) is 29.5 Å². The van der Waals surface area contributed by atoms with Crippen molar-refractivity contribution >= 4 is 38.8 Å². The number of carbonyl (C=O) groups is 1. The van der Waals surface area contributed by atoms with Gasteiger partial charge in [-0.2, -0.15) is 0 Å². The Kier molecular flexibility index (Phi) is 4.21. The van der Waals surface area contributed by atoms with Gasteiger partial charge in [0.05, 0.1) is 10.2 Å². The second-order valence-corrected chi connectivity index (χ2v) is 7.51. The molecule has 4 aromatic rings. The lowest BCUT2D eigenvalue weighted by molar-refractivity contribution is 0.0950. The van der Waals surface area contributed by atoms with Gasteiger partial charge in [-0.25, -0.2) is 4.98 Å². The third kappa shape index (κ3) is 3.40. The number of amides is 1. The number of nitrogens with zero attached hydrogens (tertiary/aromatic N) is 1. The molecule has 0 unspecified atom stereocenters. The van der Waals surface area contributed by atoms with Crippen molar-refractivity contribution in [3.8, 4) is 16.2 Å². The lowest BCUT2D eigenvalue weighted by Crippen LogP contribution is -2.22. The Labute approximate surface area is 152 Å². The van der Waals surface area contributed by atoms with Gasteiger partial charge in [-0.1, -0.05) is 30.3 Å². The highest BCUT2D eigenvalue weighted by molar-refractivity contribution is 7.20. The van der Waals surface area contributed by atoms with Gasteiger partial charge >= 0.3 is 0 Å². The van der Waals surface area contributed by atoms with E-state index in [0.29, 0.717) is 17.1 Å². The number of nitrogens with one attached hydrogen (secondary N) is 1. The summed E-state index contributed by atoms with van der Waals surface area (Å²) >= 11 is 2.98. The Hall–Kier alpha value is -2.70. The molecule has 25 heavy (non-hydrogen) atoms. The quantitative estimate of drug-likeness (QED) is 0.552. The SMILES string of the molecule is O=C(NCc1ccc(-c2cccs2)cc1)c1nc2ccc(O)cc2s1. The Morgan fingerprint density at radius 1 is 1.12 bits per heavy atom. The highest BCUT2D eigenvalue weighted by atomic mass is 32.1. The first-order valence-electron chi connectivity index (χ1n) is 7.69. The fourth-order valence-electron chi connectivity index (χ4n) is 2.50. The van der Waals surface area contributed by atoms with E-state index in [0.717, 1.165) is 10.3 Å². The van der Waals surface area contributed by atoms with E-state index in [2.05, 4.69) is 33.9 Å². The molecule has 0 aliphatic rings. The number of aromatic hydroxyl groups is 1. The average Bonchev–Trinajstić information content (AvgIpc) is 3.29. The Balaban J connectivity index is 1.44. The van der Waals surface area contributed by atoms with Crippen molar-refractivity contribution in [2.45, 2.75) is 6.54 Å². The van der Waals surface area contributed by atoms with E-state index in [4.69, 9.17) is 0 Å². The first kappa shape index (κ1) is 15.8. The van der Waals surface area contributed by atoms with Crippen molar-refractivity contribution in [1.29, 1.82) is 0 Å². The van der Waals surface area contributed by atoms with Crippen LogP contribution >= 0.6 is 22.7 Å². The summed E-state index contributed by atoms with van der Waals surface area (Å²) in [5, 5.41) is 14.8. The highest BCUT2D eigenvalue weighted by Gasteiger charge is 2.12. The molecule has 0 fully saturated rings. The predicted molar refractivity (Wildman–Crippen MR) is 102 cm³/mol. The van der Waals surface area contributed by atoms with Crippen LogP contribution in [-0.4, -0.2) is 16.0 Å². The first-order valence-corrected chi connectivity index (χ1v) is 9.39. The molecule has 1 amide bonds. The van der Waals surface area contributed by atoms with Crippen molar-refractivity contribution in [3.63, 3.8) is 0 Å². The fraction of sp³-hybridized carbons (Fsp3) is 0.0526. The zero-order valence-corrected chi connectivity index (χ0v) is 14.7. The maximum atomic E-state index is 12.3. The summed E-state index contributed by atoms with van der Waals surface area (Å²) in [6, 6.07) is 17.2. The van der Waals surface area contributed by atoms with E-state index < -0.39 is 0 Å². The molecular weight excluding hydrogens is 352 g/mol. The largest absolute Gasteiger partial charge is 0.508 e. The van der Waals surface area contributed by atoms with Gasteiger partial charge in [-0.3, -0.25) is 4.79 Å². The number of benzene rings is 2. The summed E-state index contributed by atoms with van der Waals surface area (Å²) in [6.07, 6.45) is 0. The molecule has 0 radical (unpaired) electrons. The minimum atomic E-state index is -0.206. The van der Waals surface area contributed by atoms with Crippen molar-refractivity contribution in [2.75, 3.05) is 0 Å². The van der Waals surface area contributed by atoms with E-state index in [-0.39, 0.29) is 11.7 Å². The van der Waals surface area contributed by atoms with Crippen LogP contribution in [-0.2, 0) is 6.54 Å². The zero-order chi connectivity index (χ0) is 17.2. The van der Waals surface area contributed by atoms with Gasteiger partial charge in [0, 0.05) is 11.4 Å². The maximum Gasteiger partial charge on any atom is 0.280 e. The van der Waals surface area contributed by atoms with Crippen molar-refractivity contribution in [3.05, 3.63) is 70.5 Å². The molecule has 0 atom stereocenters. The molecule has 4 nitrogen and oxygen atoms in total. The summed E-state index contributed by atoms with van der Waals surface area (Å²) in [5.41, 5.74) is 2.93. The Morgan fingerprint density at radius 3 is 2.72 bits per heavy atom.